The van der Waals surface area contributed by atoms with Crippen molar-refractivity contribution >= 4 is 30.7 Å². The minimum absolute atomic E-state index is 0. The van der Waals surface area contributed by atoms with Crippen LogP contribution in [-0.2, 0) is 11.3 Å². The van der Waals surface area contributed by atoms with Crippen LogP contribution in [0.1, 0.15) is 44.5 Å². The molecule has 0 aromatic carbocycles. The Morgan fingerprint density at radius 2 is 2.00 bits per heavy atom. The molecule has 2 rings (SSSR count). The second-order valence-corrected chi connectivity index (χ2v) is 4.93. The number of amides is 1. The van der Waals surface area contributed by atoms with Crippen molar-refractivity contribution in [3.63, 3.8) is 0 Å². The zero-order valence-corrected chi connectivity index (χ0v) is 13.1. The second kappa shape index (κ2) is 8.51. The average Bonchev–Trinajstić information content (AvgIpc) is 2.85. The van der Waals surface area contributed by atoms with Crippen LogP contribution >= 0.6 is 24.8 Å². The number of imidazole rings is 1. The van der Waals surface area contributed by atoms with Crippen LogP contribution in [0.4, 0.5) is 8.78 Å². The Kier molecular flexibility index (Phi) is 8.13. The van der Waals surface area contributed by atoms with Gasteiger partial charge in [-0.25, -0.2) is 4.98 Å². The van der Waals surface area contributed by atoms with Gasteiger partial charge in [-0.05, 0) is 12.8 Å². The lowest BCUT2D eigenvalue weighted by atomic mass is 9.82. The molecule has 1 heterocycles. The lowest BCUT2D eigenvalue weighted by Crippen LogP contribution is -2.54. The number of hydrogen-bond acceptors (Lipinski definition) is 3. The van der Waals surface area contributed by atoms with Crippen molar-refractivity contribution in [2.24, 2.45) is 5.73 Å². The molecule has 1 aliphatic carbocycles. The van der Waals surface area contributed by atoms with Crippen molar-refractivity contribution in [1.82, 2.24) is 14.9 Å². The van der Waals surface area contributed by atoms with Crippen molar-refractivity contribution in [3.8, 4) is 0 Å². The summed E-state index contributed by atoms with van der Waals surface area (Å²) in [6.07, 6.45) is 6.69. The van der Waals surface area contributed by atoms with E-state index in [4.69, 9.17) is 5.73 Å². The molecular formula is C12H20Cl2F2N4O. The zero-order chi connectivity index (χ0) is 13.9. The minimum atomic E-state index is -2.66. The lowest BCUT2D eigenvalue weighted by molar-refractivity contribution is -0.127. The van der Waals surface area contributed by atoms with Gasteiger partial charge in [0.2, 0.25) is 5.91 Å². The number of aromatic nitrogens is 2. The van der Waals surface area contributed by atoms with E-state index in [1.165, 1.54) is 12.4 Å². The van der Waals surface area contributed by atoms with Gasteiger partial charge in [-0.15, -0.1) is 24.8 Å². The summed E-state index contributed by atoms with van der Waals surface area (Å²) < 4.78 is 25.9. The van der Waals surface area contributed by atoms with Gasteiger partial charge in [0.15, 0.2) is 0 Å². The molecule has 21 heavy (non-hydrogen) atoms. The number of halogens is 4. The van der Waals surface area contributed by atoms with Crippen LogP contribution in [0.25, 0.3) is 0 Å². The Hall–Kier alpha value is -0.920. The normalized spacial score (nSPS) is 16.8. The molecule has 0 aliphatic heterocycles. The number of hydrogen-bond donors (Lipinski definition) is 2. The fourth-order valence-electron chi connectivity index (χ4n) is 2.40. The first-order valence-electron chi connectivity index (χ1n) is 6.40. The number of carbonyl (C=O) groups is 1. The number of nitrogens with zero attached hydrogens (tertiary/aromatic N) is 2. The van der Waals surface area contributed by atoms with Crippen LogP contribution in [0.3, 0.4) is 0 Å². The largest absolute Gasteiger partial charge is 0.347 e. The van der Waals surface area contributed by atoms with Crippen molar-refractivity contribution in [3.05, 3.63) is 18.2 Å². The summed E-state index contributed by atoms with van der Waals surface area (Å²) >= 11 is 0. The fourth-order valence-corrected chi connectivity index (χ4v) is 2.40. The van der Waals surface area contributed by atoms with E-state index in [9.17, 15) is 13.6 Å². The van der Waals surface area contributed by atoms with E-state index in [1.54, 1.807) is 0 Å². The molecular weight excluding hydrogens is 325 g/mol. The van der Waals surface area contributed by atoms with Gasteiger partial charge in [0, 0.05) is 12.4 Å². The third-order valence-electron chi connectivity index (χ3n) is 3.56. The molecule has 0 spiro atoms. The Bertz CT molecular complexity index is 450. The number of alkyl halides is 2. The summed E-state index contributed by atoms with van der Waals surface area (Å²) in [6.45, 7) is -2.69. The molecule has 0 bridgehead atoms. The second-order valence-electron chi connectivity index (χ2n) is 4.93. The molecule has 5 nitrogen and oxygen atoms in total. The van der Waals surface area contributed by atoms with E-state index < -0.39 is 12.1 Å². The van der Waals surface area contributed by atoms with Crippen LogP contribution < -0.4 is 11.1 Å². The maximum atomic E-state index is 12.6. The first-order chi connectivity index (χ1) is 9.03. The molecule has 1 aromatic heterocycles. The summed E-state index contributed by atoms with van der Waals surface area (Å²) in [7, 11) is 0. The van der Waals surface area contributed by atoms with Crippen LogP contribution in [0.5, 0.6) is 0 Å². The number of nitrogens with two attached hydrogens (primary N) is 1. The Balaban J connectivity index is 0.00000200. The highest BCUT2D eigenvalue weighted by Gasteiger charge is 2.35. The molecule has 1 aliphatic rings. The SMILES string of the molecule is Cl.Cl.NC1(C(=O)NCc2nccn2C(F)F)CCCCC1. The molecule has 9 heteroatoms. The maximum Gasteiger partial charge on any atom is 0.319 e. The summed E-state index contributed by atoms with van der Waals surface area (Å²) in [4.78, 5) is 15.8. The van der Waals surface area contributed by atoms with E-state index >= 15 is 0 Å². The van der Waals surface area contributed by atoms with Gasteiger partial charge in [-0.1, -0.05) is 19.3 Å². The van der Waals surface area contributed by atoms with E-state index in [-0.39, 0.29) is 43.1 Å². The Labute approximate surface area is 134 Å². The molecule has 0 saturated heterocycles. The van der Waals surface area contributed by atoms with Gasteiger partial charge in [0.05, 0.1) is 12.1 Å². The topological polar surface area (TPSA) is 72.9 Å². The monoisotopic (exact) mass is 344 g/mol. The van der Waals surface area contributed by atoms with Gasteiger partial charge in [-0.3, -0.25) is 9.36 Å². The van der Waals surface area contributed by atoms with Crippen LogP contribution in [0.15, 0.2) is 12.4 Å². The van der Waals surface area contributed by atoms with Crippen molar-refractivity contribution in [2.45, 2.75) is 50.7 Å². The van der Waals surface area contributed by atoms with E-state index in [0.717, 1.165) is 23.8 Å². The van der Waals surface area contributed by atoms with Crippen molar-refractivity contribution < 1.29 is 13.6 Å². The van der Waals surface area contributed by atoms with Crippen molar-refractivity contribution in [1.29, 1.82) is 0 Å². The van der Waals surface area contributed by atoms with Gasteiger partial charge in [0.1, 0.15) is 5.82 Å². The molecule has 1 fully saturated rings. The first kappa shape index (κ1) is 20.1. The molecule has 122 valence electrons. The minimum Gasteiger partial charge on any atom is -0.347 e. The van der Waals surface area contributed by atoms with Crippen LogP contribution in [-0.4, -0.2) is 21.0 Å². The van der Waals surface area contributed by atoms with Crippen molar-refractivity contribution in [2.75, 3.05) is 0 Å². The molecule has 1 saturated carbocycles. The molecule has 0 atom stereocenters. The predicted molar refractivity (Wildman–Crippen MR) is 79.8 cm³/mol. The summed E-state index contributed by atoms with van der Waals surface area (Å²) in [5.74, 6) is -0.154. The van der Waals surface area contributed by atoms with Gasteiger partial charge in [0.25, 0.3) is 0 Å². The highest BCUT2D eigenvalue weighted by molar-refractivity contribution is 5.86. The molecule has 1 aromatic rings. The van der Waals surface area contributed by atoms with E-state index in [2.05, 4.69) is 10.3 Å². The van der Waals surface area contributed by atoms with Crippen LogP contribution in [0, 0.1) is 0 Å². The third kappa shape index (κ3) is 4.79. The summed E-state index contributed by atoms with van der Waals surface area (Å²) in [6, 6.07) is 0. The zero-order valence-electron chi connectivity index (χ0n) is 11.4. The molecule has 3 N–H and O–H groups in total. The Morgan fingerprint density at radius 3 is 2.57 bits per heavy atom. The number of rotatable bonds is 4. The number of nitrogens with one attached hydrogen (secondary N) is 1. The Morgan fingerprint density at radius 1 is 1.38 bits per heavy atom. The first-order valence-corrected chi connectivity index (χ1v) is 6.40. The number of carbonyl (C=O) groups excluding carboxylic acids is 1. The van der Waals surface area contributed by atoms with Gasteiger partial charge in [-0.2, -0.15) is 8.78 Å². The predicted octanol–water partition coefficient (Wildman–Crippen LogP) is 2.40. The highest BCUT2D eigenvalue weighted by atomic mass is 35.5. The van der Waals surface area contributed by atoms with Crippen LogP contribution in [0.2, 0.25) is 0 Å². The lowest BCUT2D eigenvalue weighted by Gasteiger charge is -2.31. The average molecular weight is 345 g/mol. The summed E-state index contributed by atoms with van der Waals surface area (Å²) in [5.41, 5.74) is 5.19. The quantitative estimate of drug-likeness (QED) is 0.880. The van der Waals surface area contributed by atoms with E-state index in [1.807, 2.05) is 0 Å². The highest BCUT2D eigenvalue weighted by Crippen LogP contribution is 2.26. The molecule has 1 amide bonds. The van der Waals surface area contributed by atoms with E-state index in [0.29, 0.717) is 12.8 Å². The fraction of sp³-hybridized carbons (Fsp3) is 0.667. The van der Waals surface area contributed by atoms with Gasteiger partial charge >= 0.3 is 6.55 Å². The summed E-state index contributed by atoms with van der Waals surface area (Å²) in [5, 5.41) is 2.61. The van der Waals surface area contributed by atoms with Gasteiger partial charge < -0.3 is 11.1 Å². The third-order valence-corrected chi connectivity index (χ3v) is 3.56. The standard InChI is InChI=1S/C12H18F2N4O.2ClH/c13-11(14)18-7-6-16-9(18)8-17-10(19)12(15)4-2-1-3-5-12;;/h6-7,11H,1-5,8,15H2,(H,17,19);2*1H. The maximum absolute atomic E-state index is 12.6. The molecule has 0 radical (unpaired) electrons. The smallest absolute Gasteiger partial charge is 0.319 e. The molecule has 0 unspecified atom stereocenters.